The van der Waals surface area contributed by atoms with E-state index in [0.717, 1.165) is 5.56 Å². The van der Waals surface area contributed by atoms with E-state index in [0.29, 0.717) is 27.3 Å². The Morgan fingerprint density at radius 2 is 1.84 bits per heavy atom. The van der Waals surface area contributed by atoms with Crippen molar-refractivity contribution < 1.29 is 18.5 Å². The van der Waals surface area contributed by atoms with Crippen LogP contribution in [0, 0.1) is 0 Å². The Bertz CT molecular complexity index is 1280. The van der Waals surface area contributed by atoms with Crippen LogP contribution in [0.3, 0.4) is 0 Å². The third-order valence-electron chi connectivity index (χ3n) is 4.81. The van der Waals surface area contributed by atoms with E-state index >= 15 is 0 Å². The van der Waals surface area contributed by atoms with Gasteiger partial charge in [0.05, 0.1) is 34.7 Å². The SMILES string of the molecule is COC(=O)C(CS(=O)c1ccccc1)NC(=O)c1ccc2nc(-c3ccncc3)[nH]c2c1. The van der Waals surface area contributed by atoms with Crippen molar-refractivity contribution in [2.75, 3.05) is 12.9 Å². The molecular weight excluding hydrogens is 428 g/mol. The molecule has 1 amide bonds. The molecule has 0 fully saturated rings. The maximum atomic E-state index is 12.9. The largest absolute Gasteiger partial charge is 0.467 e. The number of carbonyl (C=O) groups excluding carboxylic acids is 2. The molecule has 2 atom stereocenters. The normalized spacial score (nSPS) is 12.8. The van der Waals surface area contributed by atoms with E-state index in [2.05, 4.69) is 20.3 Å². The molecule has 2 unspecified atom stereocenters. The second-order valence-corrected chi connectivity index (χ2v) is 8.42. The summed E-state index contributed by atoms with van der Waals surface area (Å²) in [4.78, 5) is 37.4. The Labute approximate surface area is 186 Å². The minimum atomic E-state index is -1.49. The summed E-state index contributed by atoms with van der Waals surface area (Å²) in [5.74, 6) is -0.579. The third-order valence-corrected chi connectivity index (χ3v) is 6.25. The van der Waals surface area contributed by atoms with E-state index in [9.17, 15) is 13.8 Å². The number of hydrogen-bond acceptors (Lipinski definition) is 6. The van der Waals surface area contributed by atoms with Crippen molar-refractivity contribution in [1.82, 2.24) is 20.3 Å². The first kappa shape index (κ1) is 21.4. The Balaban J connectivity index is 1.53. The first-order valence-electron chi connectivity index (χ1n) is 9.77. The molecule has 2 N–H and O–H groups in total. The summed E-state index contributed by atoms with van der Waals surface area (Å²) in [6, 6.07) is 16.4. The van der Waals surface area contributed by atoms with Gasteiger partial charge in [0.2, 0.25) is 0 Å². The summed E-state index contributed by atoms with van der Waals surface area (Å²) in [5, 5.41) is 2.64. The molecule has 4 rings (SSSR count). The van der Waals surface area contributed by atoms with Crippen LogP contribution in [0.25, 0.3) is 22.4 Å². The lowest BCUT2D eigenvalue weighted by atomic mass is 10.1. The molecule has 9 heteroatoms. The fourth-order valence-corrected chi connectivity index (χ4v) is 4.35. The van der Waals surface area contributed by atoms with Gasteiger partial charge in [0.25, 0.3) is 5.91 Å². The Kier molecular flexibility index (Phi) is 6.37. The summed E-state index contributed by atoms with van der Waals surface area (Å²) < 4.78 is 17.4. The Morgan fingerprint density at radius 3 is 2.56 bits per heavy atom. The lowest BCUT2D eigenvalue weighted by Gasteiger charge is -2.16. The number of methoxy groups -OCH3 is 1. The lowest BCUT2D eigenvalue weighted by molar-refractivity contribution is -0.142. The number of nitrogens with zero attached hydrogens (tertiary/aromatic N) is 2. The average molecular weight is 449 g/mol. The molecule has 0 bridgehead atoms. The van der Waals surface area contributed by atoms with Crippen LogP contribution in [0.1, 0.15) is 10.4 Å². The summed E-state index contributed by atoms with van der Waals surface area (Å²) >= 11 is 0. The van der Waals surface area contributed by atoms with Crippen molar-refractivity contribution in [3.8, 4) is 11.4 Å². The second kappa shape index (κ2) is 9.52. The topological polar surface area (TPSA) is 114 Å². The van der Waals surface area contributed by atoms with E-state index in [1.807, 2.05) is 18.2 Å². The Hall–Kier alpha value is -3.85. The molecule has 2 heterocycles. The predicted octanol–water partition coefficient (Wildman–Crippen LogP) is 2.70. The van der Waals surface area contributed by atoms with Gasteiger partial charge in [-0.15, -0.1) is 0 Å². The minimum Gasteiger partial charge on any atom is -0.467 e. The lowest BCUT2D eigenvalue weighted by Crippen LogP contribution is -2.45. The zero-order valence-corrected chi connectivity index (χ0v) is 18.0. The van der Waals surface area contributed by atoms with Gasteiger partial charge in [0.15, 0.2) is 0 Å². The van der Waals surface area contributed by atoms with Crippen LogP contribution in [-0.2, 0) is 20.3 Å². The van der Waals surface area contributed by atoms with E-state index in [4.69, 9.17) is 4.74 Å². The number of aromatic nitrogens is 3. The van der Waals surface area contributed by atoms with Gasteiger partial charge < -0.3 is 15.0 Å². The molecule has 4 aromatic rings. The molecule has 2 aromatic heterocycles. The number of aromatic amines is 1. The maximum absolute atomic E-state index is 12.9. The number of fused-ring (bicyclic) bond motifs is 1. The van der Waals surface area contributed by atoms with Crippen molar-refractivity contribution >= 4 is 33.7 Å². The smallest absolute Gasteiger partial charge is 0.329 e. The highest BCUT2D eigenvalue weighted by Crippen LogP contribution is 2.21. The number of rotatable bonds is 7. The number of nitrogens with one attached hydrogen (secondary N) is 2. The van der Waals surface area contributed by atoms with Crippen molar-refractivity contribution in [3.63, 3.8) is 0 Å². The van der Waals surface area contributed by atoms with E-state index in [-0.39, 0.29) is 5.75 Å². The fourth-order valence-electron chi connectivity index (χ4n) is 3.17. The van der Waals surface area contributed by atoms with Crippen LogP contribution in [0.2, 0.25) is 0 Å². The van der Waals surface area contributed by atoms with E-state index in [1.54, 1.807) is 54.9 Å². The molecular formula is C23H20N4O4S. The molecule has 2 aromatic carbocycles. The highest BCUT2D eigenvalue weighted by Gasteiger charge is 2.25. The fraction of sp³-hybridized carbons (Fsp3) is 0.130. The highest BCUT2D eigenvalue weighted by molar-refractivity contribution is 7.85. The zero-order chi connectivity index (χ0) is 22.5. The Morgan fingerprint density at radius 1 is 1.09 bits per heavy atom. The van der Waals surface area contributed by atoms with Crippen LogP contribution < -0.4 is 5.32 Å². The molecule has 8 nitrogen and oxygen atoms in total. The monoisotopic (exact) mass is 448 g/mol. The van der Waals surface area contributed by atoms with Crippen LogP contribution in [-0.4, -0.2) is 49.9 Å². The van der Waals surface area contributed by atoms with Gasteiger partial charge in [-0.3, -0.25) is 14.0 Å². The van der Waals surface area contributed by atoms with E-state index in [1.165, 1.54) is 7.11 Å². The van der Waals surface area contributed by atoms with Gasteiger partial charge in [-0.05, 0) is 42.5 Å². The van der Waals surface area contributed by atoms with Gasteiger partial charge in [-0.2, -0.15) is 0 Å². The first-order chi connectivity index (χ1) is 15.5. The molecule has 0 saturated carbocycles. The number of ether oxygens (including phenoxy) is 1. The van der Waals surface area contributed by atoms with Gasteiger partial charge in [0.1, 0.15) is 11.9 Å². The molecule has 0 radical (unpaired) electrons. The van der Waals surface area contributed by atoms with Gasteiger partial charge in [-0.25, -0.2) is 9.78 Å². The standard InChI is InChI=1S/C23H20N4O4S/c1-31-23(29)20(14-32(30)17-5-3-2-4-6-17)27-22(28)16-7-8-18-19(13-16)26-21(25-18)15-9-11-24-12-10-15/h2-13,20H,14H2,1H3,(H,25,26)(H,27,28). The average Bonchev–Trinajstić information content (AvgIpc) is 3.27. The number of imidazole rings is 1. The second-order valence-electron chi connectivity index (χ2n) is 6.93. The number of H-pyrrole nitrogens is 1. The van der Waals surface area contributed by atoms with Gasteiger partial charge >= 0.3 is 5.97 Å². The molecule has 0 aliphatic carbocycles. The number of amides is 1. The molecule has 0 aliphatic rings. The number of hydrogen-bond donors (Lipinski definition) is 2. The maximum Gasteiger partial charge on any atom is 0.329 e. The van der Waals surface area contributed by atoms with Crippen LogP contribution >= 0.6 is 0 Å². The minimum absolute atomic E-state index is 0.0963. The summed E-state index contributed by atoms with van der Waals surface area (Å²) in [7, 11) is -0.259. The first-order valence-corrected chi connectivity index (χ1v) is 11.1. The van der Waals surface area contributed by atoms with Gasteiger partial charge in [-0.1, -0.05) is 18.2 Å². The quantitative estimate of drug-likeness (QED) is 0.420. The molecule has 0 spiro atoms. The third kappa shape index (κ3) is 4.73. The zero-order valence-electron chi connectivity index (χ0n) is 17.1. The van der Waals surface area contributed by atoms with Gasteiger partial charge in [0, 0.05) is 28.4 Å². The number of pyridine rings is 1. The molecule has 0 saturated heterocycles. The number of esters is 1. The van der Waals surface area contributed by atoms with E-state index < -0.39 is 28.7 Å². The van der Waals surface area contributed by atoms with Crippen molar-refractivity contribution in [2.24, 2.45) is 0 Å². The molecule has 162 valence electrons. The molecule has 32 heavy (non-hydrogen) atoms. The number of benzene rings is 2. The van der Waals surface area contributed by atoms with Crippen LogP contribution in [0.15, 0.2) is 78.0 Å². The van der Waals surface area contributed by atoms with Crippen molar-refractivity contribution in [1.29, 1.82) is 0 Å². The molecule has 0 aliphatic heterocycles. The van der Waals surface area contributed by atoms with Crippen LogP contribution in [0.5, 0.6) is 0 Å². The van der Waals surface area contributed by atoms with Crippen LogP contribution in [0.4, 0.5) is 0 Å². The number of carbonyl (C=O) groups is 2. The van der Waals surface area contributed by atoms with Crippen molar-refractivity contribution in [3.05, 3.63) is 78.6 Å². The highest BCUT2D eigenvalue weighted by atomic mass is 32.2. The summed E-state index contributed by atoms with van der Waals surface area (Å²) in [5.41, 5.74) is 2.58. The summed E-state index contributed by atoms with van der Waals surface area (Å²) in [6.07, 6.45) is 3.35. The predicted molar refractivity (Wildman–Crippen MR) is 120 cm³/mol. The van der Waals surface area contributed by atoms with Crippen molar-refractivity contribution in [2.45, 2.75) is 10.9 Å². The summed E-state index contributed by atoms with van der Waals surface area (Å²) in [6.45, 7) is 0.